The second-order valence-corrected chi connectivity index (χ2v) is 5.40. The van der Waals surface area contributed by atoms with Crippen LogP contribution in [-0.4, -0.2) is 29.9 Å². The maximum absolute atomic E-state index is 12.6. The molecular weight excluding hydrogens is 298 g/mol. The van der Waals surface area contributed by atoms with Crippen molar-refractivity contribution in [3.8, 4) is 0 Å². The van der Waals surface area contributed by atoms with Crippen molar-refractivity contribution in [2.24, 2.45) is 0 Å². The first-order valence-corrected chi connectivity index (χ1v) is 7.08. The molecule has 1 N–H and O–H groups in total. The first kappa shape index (κ1) is 15.9. The molecule has 0 aromatic heterocycles. The fourth-order valence-electron chi connectivity index (χ4n) is 1.91. The average molecular weight is 314 g/mol. The first-order valence-electron chi connectivity index (χ1n) is 6.71. The molecule has 112 valence electrons. The molecule has 2 aromatic rings. The van der Waals surface area contributed by atoms with E-state index in [1.807, 2.05) is 14.1 Å². The van der Waals surface area contributed by atoms with Crippen LogP contribution >= 0.6 is 11.6 Å². The van der Waals surface area contributed by atoms with Crippen molar-refractivity contribution in [3.05, 3.63) is 82.2 Å². The minimum absolute atomic E-state index is 0.0772. The second-order valence-electron chi connectivity index (χ2n) is 4.97. The molecule has 0 fully saturated rings. The Balaban J connectivity index is 2.46. The molecule has 0 radical (unpaired) electrons. The van der Waals surface area contributed by atoms with Crippen LogP contribution in [0.15, 0.2) is 60.5 Å². The average Bonchev–Trinajstić information content (AvgIpc) is 2.52. The van der Waals surface area contributed by atoms with Gasteiger partial charge in [0, 0.05) is 42.0 Å². The topological polar surface area (TPSA) is 40.5 Å². The number of ketones is 1. The number of carbonyl (C=O) groups is 1. The van der Waals surface area contributed by atoms with E-state index in [1.54, 1.807) is 59.6 Å². The van der Waals surface area contributed by atoms with E-state index in [4.69, 9.17) is 11.6 Å². The first-order chi connectivity index (χ1) is 10.5. The molecule has 0 aliphatic heterocycles. The van der Waals surface area contributed by atoms with Crippen LogP contribution in [0.4, 0.5) is 0 Å². The zero-order chi connectivity index (χ0) is 16.1. The lowest BCUT2D eigenvalue weighted by Crippen LogP contribution is -2.05. The van der Waals surface area contributed by atoms with Crippen LogP contribution in [0.5, 0.6) is 0 Å². The lowest BCUT2D eigenvalue weighted by Gasteiger charge is -2.07. The quantitative estimate of drug-likeness (QED) is 0.524. The Hall–Kier alpha value is -2.48. The number of nitrogens with zero attached hydrogens (tertiary/aromatic N) is 1. The molecule has 0 heterocycles. The summed E-state index contributed by atoms with van der Waals surface area (Å²) in [5, 5.41) is 10.7. The van der Waals surface area contributed by atoms with Crippen molar-refractivity contribution in [2.75, 3.05) is 14.1 Å². The molecular formula is C18H16ClNO2. The predicted molar refractivity (Wildman–Crippen MR) is 89.1 cm³/mol. The summed E-state index contributed by atoms with van der Waals surface area (Å²) in [6, 6.07) is 13.6. The summed E-state index contributed by atoms with van der Waals surface area (Å²) in [6.45, 7) is 0. The third-order valence-electron chi connectivity index (χ3n) is 2.99. The Morgan fingerprint density at radius 1 is 1.09 bits per heavy atom. The Kier molecular flexibility index (Phi) is 5.05. The van der Waals surface area contributed by atoms with Gasteiger partial charge in [-0.15, -0.1) is 0 Å². The number of benzene rings is 2. The number of hydrogen-bond donors (Lipinski definition) is 1. The summed E-state index contributed by atoms with van der Waals surface area (Å²) in [6.07, 6.45) is 1.60. The molecule has 4 heteroatoms. The van der Waals surface area contributed by atoms with Crippen LogP contribution in [0.3, 0.4) is 0 Å². The molecule has 0 aliphatic rings. The number of rotatable bonds is 4. The molecule has 0 aliphatic carbocycles. The summed E-state index contributed by atoms with van der Waals surface area (Å²) in [5.74, 6) is -0.253. The van der Waals surface area contributed by atoms with Crippen molar-refractivity contribution in [2.45, 2.75) is 0 Å². The Morgan fingerprint density at radius 2 is 1.68 bits per heavy atom. The van der Waals surface area contributed by atoms with Gasteiger partial charge in [-0.05, 0) is 30.3 Å². The fraction of sp³-hybridized carbons (Fsp3) is 0.111. The maximum atomic E-state index is 12.6. The molecule has 0 bridgehead atoms. The molecule has 22 heavy (non-hydrogen) atoms. The largest absolute Gasteiger partial charge is 0.501 e. The number of hydrogen-bond acceptors (Lipinski definition) is 3. The number of aliphatic hydroxyl groups is 1. The number of halogens is 1. The van der Waals surface area contributed by atoms with Crippen LogP contribution < -0.4 is 0 Å². The van der Waals surface area contributed by atoms with Crippen LogP contribution in [0.2, 0.25) is 5.02 Å². The van der Waals surface area contributed by atoms with Gasteiger partial charge in [-0.3, -0.25) is 4.79 Å². The monoisotopic (exact) mass is 313 g/mol. The van der Waals surface area contributed by atoms with E-state index in [2.05, 4.69) is 5.73 Å². The number of aliphatic hydroxyl groups excluding tert-OH is 1. The minimum atomic E-state index is -0.175. The second kappa shape index (κ2) is 6.99. The van der Waals surface area contributed by atoms with Crippen molar-refractivity contribution in [1.82, 2.24) is 4.90 Å². The van der Waals surface area contributed by atoms with Crippen molar-refractivity contribution >= 4 is 23.1 Å². The van der Waals surface area contributed by atoms with E-state index in [0.717, 1.165) is 0 Å². The van der Waals surface area contributed by atoms with Crippen LogP contribution in [0.25, 0.3) is 5.76 Å². The Labute approximate surface area is 134 Å². The van der Waals surface area contributed by atoms with Gasteiger partial charge in [0.25, 0.3) is 0 Å². The van der Waals surface area contributed by atoms with E-state index in [9.17, 15) is 9.90 Å². The van der Waals surface area contributed by atoms with E-state index < -0.39 is 0 Å². The summed E-state index contributed by atoms with van der Waals surface area (Å²) < 4.78 is 0. The van der Waals surface area contributed by atoms with Gasteiger partial charge >= 0.3 is 0 Å². The molecule has 3 nitrogen and oxygen atoms in total. The van der Waals surface area contributed by atoms with Gasteiger partial charge in [0.1, 0.15) is 0 Å². The van der Waals surface area contributed by atoms with E-state index >= 15 is 0 Å². The molecule has 0 atom stereocenters. The number of carbonyl (C=O) groups excluding carboxylic acids is 1. The third-order valence-corrected chi connectivity index (χ3v) is 3.24. The van der Waals surface area contributed by atoms with Gasteiger partial charge in [-0.2, -0.15) is 0 Å². The summed E-state index contributed by atoms with van der Waals surface area (Å²) in [4.78, 5) is 14.4. The van der Waals surface area contributed by atoms with Crippen LogP contribution in [0, 0.1) is 0 Å². The summed E-state index contributed by atoms with van der Waals surface area (Å²) in [7, 11) is 3.65. The van der Waals surface area contributed by atoms with Crippen molar-refractivity contribution < 1.29 is 9.90 Å². The Morgan fingerprint density at radius 3 is 2.27 bits per heavy atom. The molecule has 0 unspecified atom stereocenters. The van der Waals surface area contributed by atoms with Crippen LogP contribution in [-0.2, 0) is 0 Å². The highest BCUT2D eigenvalue weighted by Gasteiger charge is 2.15. The normalized spacial score (nSPS) is 9.77. The molecule has 2 aromatic carbocycles. The fourth-order valence-corrected chi connectivity index (χ4v) is 2.04. The van der Waals surface area contributed by atoms with Crippen LogP contribution in [0.1, 0.15) is 21.5 Å². The van der Waals surface area contributed by atoms with Gasteiger partial charge in [0.15, 0.2) is 11.5 Å². The van der Waals surface area contributed by atoms with Gasteiger partial charge in [-0.25, -0.2) is 0 Å². The Bertz CT molecular complexity index is 742. The predicted octanol–water partition coefficient (Wildman–Crippen LogP) is 4.14. The molecule has 0 amide bonds. The molecule has 0 saturated heterocycles. The third kappa shape index (κ3) is 3.79. The van der Waals surface area contributed by atoms with Gasteiger partial charge in [-0.1, -0.05) is 35.5 Å². The lowest BCUT2D eigenvalue weighted by molar-refractivity contribution is 0.103. The zero-order valence-corrected chi connectivity index (χ0v) is 13.1. The summed E-state index contributed by atoms with van der Waals surface area (Å²) in [5.41, 5.74) is 4.13. The minimum Gasteiger partial charge on any atom is -0.501 e. The van der Waals surface area contributed by atoms with Gasteiger partial charge in [0.2, 0.25) is 0 Å². The smallest absolute Gasteiger partial charge is 0.193 e. The highest BCUT2D eigenvalue weighted by atomic mass is 35.5. The maximum Gasteiger partial charge on any atom is 0.193 e. The SMILES string of the molecule is CN(C)C=C=C(O)c1ccccc1C(=O)c1ccc(Cl)cc1. The van der Waals surface area contributed by atoms with E-state index in [0.29, 0.717) is 21.7 Å². The molecule has 0 saturated carbocycles. The van der Waals surface area contributed by atoms with Gasteiger partial charge < -0.3 is 10.0 Å². The highest BCUT2D eigenvalue weighted by molar-refractivity contribution is 6.30. The van der Waals surface area contributed by atoms with E-state index in [1.165, 1.54) is 0 Å². The standard InChI is InChI=1S/C18H16ClNO2/c1-20(2)12-11-17(21)15-5-3-4-6-16(15)18(22)13-7-9-14(19)10-8-13/h3-10,12,21H,1-2H3. The van der Waals surface area contributed by atoms with Crippen molar-refractivity contribution in [3.63, 3.8) is 0 Å². The molecule has 0 spiro atoms. The van der Waals surface area contributed by atoms with Gasteiger partial charge in [0.05, 0.1) is 0 Å². The zero-order valence-electron chi connectivity index (χ0n) is 12.4. The van der Waals surface area contributed by atoms with Crippen molar-refractivity contribution in [1.29, 1.82) is 0 Å². The lowest BCUT2D eigenvalue weighted by atomic mass is 9.97. The highest BCUT2D eigenvalue weighted by Crippen LogP contribution is 2.20. The summed E-state index contributed by atoms with van der Waals surface area (Å²) >= 11 is 5.84. The molecule has 2 rings (SSSR count). The van der Waals surface area contributed by atoms with E-state index in [-0.39, 0.29) is 11.5 Å².